The van der Waals surface area contributed by atoms with E-state index >= 15 is 0 Å². The van der Waals surface area contributed by atoms with Crippen LogP contribution in [0.1, 0.15) is 30.5 Å². The predicted molar refractivity (Wildman–Crippen MR) is 91.9 cm³/mol. The number of rotatable bonds is 3. The molecule has 25 heavy (non-hydrogen) atoms. The molecule has 2 aromatic carbocycles. The van der Waals surface area contributed by atoms with Crippen LogP contribution in [0.5, 0.6) is 5.75 Å². The molecule has 1 atom stereocenters. The zero-order chi connectivity index (χ0) is 18.4. The summed E-state index contributed by atoms with van der Waals surface area (Å²) in [4.78, 5) is 0. The second kappa shape index (κ2) is 6.24. The molecule has 0 saturated carbocycles. The second-order valence-corrected chi connectivity index (χ2v) is 7.02. The maximum Gasteiger partial charge on any atom is 0.150 e. The van der Waals surface area contributed by atoms with E-state index in [9.17, 15) is 17.5 Å². The minimum Gasteiger partial charge on any atom is -0.755 e. The highest BCUT2D eigenvalue weighted by molar-refractivity contribution is 7.80. The summed E-state index contributed by atoms with van der Waals surface area (Å²) in [6.07, 6.45) is 1.84. The van der Waals surface area contributed by atoms with Crippen LogP contribution in [0.25, 0.3) is 5.57 Å². The number of halogens is 2. The third-order valence-corrected chi connectivity index (χ3v) is 4.33. The first-order valence-electron chi connectivity index (χ1n) is 7.55. The molecule has 0 saturated heterocycles. The van der Waals surface area contributed by atoms with Crippen LogP contribution in [0.3, 0.4) is 0 Å². The van der Waals surface area contributed by atoms with E-state index in [2.05, 4.69) is 0 Å². The number of anilines is 1. The average Bonchev–Trinajstić information content (AvgIpc) is 2.51. The molecule has 0 fully saturated rings. The number of hydrogen-bond donors (Lipinski definition) is 1. The van der Waals surface area contributed by atoms with Crippen molar-refractivity contribution in [3.8, 4) is 5.75 Å². The van der Waals surface area contributed by atoms with Crippen LogP contribution in [0.2, 0.25) is 0 Å². The predicted octanol–water partition coefficient (Wildman–Crippen LogP) is 4.08. The van der Waals surface area contributed by atoms with Crippen molar-refractivity contribution in [2.75, 3.05) is 4.72 Å². The van der Waals surface area contributed by atoms with E-state index in [0.29, 0.717) is 16.9 Å². The van der Waals surface area contributed by atoms with E-state index in [-0.39, 0.29) is 17.1 Å². The Morgan fingerprint density at radius 2 is 1.84 bits per heavy atom. The molecule has 1 aliphatic heterocycles. The van der Waals surface area contributed by atoms with E-state index in [4.69, 9.17) is 4.74 Å². The van der Waals surface area contributed by atoms with Gasteiger partial charge in [-0.2, -0.15) is 0 Å². The fraction of sp³-hybridized carbons (Fsp3) is 0.222. The Balaban J connectivity index is 2.23. The van der Waals surface area contributed by atoms with Gasteiger partial charge in [0.15, 0.2) is 5.82 Å². The van der Waals surface area contributed by atoms with Gasteiger partial charge in [0.2, 0.25) is 0 Å². The summed E-state index contributed by atoms with van der Waals surface area (Å²) in [5.74, 6) is -0.686. The number of fused-ring (bicyclic) bond motifs is 1. The first-order valence-corrected chi connectivity index (χ1v) is 8.62. The third-order valence-electron chi connectivity index (χ3n) is 3.95. The summed E-state index contributed by atoms with van der Waals surface area (Å²) >= 11 is -2.65. The molecular weight excluding hydrogens is 348 g/mol. The summed E-state index contributed by atoms with van der Waals surface area (Å²) in [5.41, 5.74) is 1.31. The summed E-state index contributed by atoms with van der Waals surface area (Å²) in [6, 6.07) is 7.22. The van der Waals surface area contributed by atoms with Crippen molar-refractivity contribution in [1.82, 2.24) is 0 Å². The molecule has 1 unspecified atom stereocenters. The number of benzene rings is 2. The largest absolute Gasteiger partial charge is 0.755 e. The minimum absolute atomic E-state index is 0.180. The first-order chi connectivity index (χ1) is 11.7. The van der Waals surface area contributed by atoms with Gasteiger partial charge in [0, 0.05) is 22.9 Å². The smallest absolute Gasteiger partial charge is 0.150 e. The zero-order valence-corrected chi connectivity index (χ0v) is 14.7. The van der Waals surface area contributed by atoms with E-state index < -0.39 is 22.7 Å². The van der Waals surface area contributed by atoms with Gasteiger partial charge >= 0.3 is 0 Å². The lowest BCUT2D eigenvalue weighted by atomic mass is 9.87. The Kier molecular flexibility index (Phi) is 4.38. The van der Waals surface area contributed by atoms with Gasteiger partial charge in [-0.05, 0) is 55.7 Å². The van der Waals surface area contributed by atoms with Gasteiger partial charge in [-0.1, -0.05) is 12.1 Å². The van der Waals surface area contributed by atoms with Crippen LogP contribution >= 0.6 is 0 Å². The Morgan fingerprint density at radius 3 is 2.44 bits per heavy atom. The van der Waals surface area contributed by atoms with Crippen LogP contribution in [0.15, 0.2) is 36.4 Å². The van der Waals surface area contributed by atoms with E-state index in [1.54, 1.807) is 19.1 Å². The molecule has 7 heteroatoms. The number of ether oxygens (including phenoxy) is 1. The third kappa shape index (κ3) is 3.43. The fourth-order valence-corrected chi connectivity index (χ4v) is 3.26. The SMILES string of the molecule is Cc1c(F)c(NS(=O)[O-])cc2c1C(c1ccc(F)cc1)=CC(C)(C)O2. The highest BCUT2D eigenvalue weighted by Gasteiger charge is 2.30. The molecule has 0 aromatic heterocycles. The lowest BCUT2D eigenvalue weighted by molar-refractivity contribution is 0.158. The van der Waals surface area contributed by atoms with Crippen molar-refractivity contribution in [3.05, 3.63) is 64.7 Å². The normalized spacial score (nSPS) is 16.5. The van der Waals surface area contributed by atoms with E-state index in [1.165, 1.54) is 18.2 Å². The fourth-order valence-electron chi connectivity index (χ4n) is 2.93. The van der Waals surface area contributed by atoms with Crippen molar-refractivity contribution >= 4 is 22.5 Å². The monoisotopic (exact) mass is 364 g/mol. The summed E-state index contributed by atoms with van der Waals surface area (Å²) in [7, 11) is 0. The maximum atomic E-state index is 14.6. The maximum absolute atomic E-state index is 14.6. The van der Waals surface area contributed by atoms with Crippen molar-refractivity contribution in [2.45, 2.75) is 26.4 Å². The van der Waals surface area contributed by atoms with E-state index in [1.807, 2.05) is 24.6 Å². The Labute approximate surface area is 146 Å². The van der Waals surface area contributed by atoms with Gasteiger partial charge in [-0.25, -0.2) is 8.78 Å². The van der Waals surface area contributed by atoms with Crippen LogP contribution < -0.4 is 9.46 Å². The molecule has 1 N–H and O–H groups in total. The highest BCUT2D eigenvalue weighted by Crippen LogP contribution is 2.44. The second-order valence-electron chi connectivity index (χ2n) is 6.34. The van der Waals surface area contributed by atoms with Crippen LogP contribution in [-0.2, 0) is 11.3 Å². The Morgan fingerprint density at radius 1 is 1.20 bits per heavy atom. The molecule has 0 spiro atoms. The summed E-state index contributed by atoms with van der Waals surface area (Å²) in [5, 5.41) is 0. The van der Waals surface area contributed by atoms with Gasteiger partial charge in [0.05, 0.1) is 5.69 Å². The van der Waals surface area contributed by atoms with Gasteiger partial charge < -0.3 is 14.0 Å². The molecule has 0 radical (unpaired) electrons. The molecule has 1 aliphatic rings. The molecule has 3 rings (SSSR count). The highest BCUT2D eigenvalue weighted by atomic mass is 32.2. The van der Waals surface area contributed by atoms with Crippen LogP contribution in [0, 0.1) is 18.6 Å². The Hall–Kier alpha value is -2.25. The molecule has 4 nitrogen and oxygen atoms in total. The molecule has 2 aromatic rings. The van der Waals surface area contributed by atoms with Gasteiger partial charge in [0.25, 0.3) is 0 Å². The van der Waals surface area contributed by atoms with E-state index in [0.717, 1.165) is 5.56 Å². The Bertz CT molecular complexity index is 892. The lowest BCUT2D eigenvalue weighted by Gasteiger charge is -2.33. The topological polar surface area (TPSA) is 61.4 Å². The van der Waals surface area contributed by atoms with Crippen LogP contribution in [0.4, 0.5) is 14.5 Å². The van der Waals surface area contributed by atoms with Crippen molar-refractivity contribution in [2.24, 2.45) is 0 Å². The molecule has 0 aliphatic carbocycles. The lowest BCUT2D eigenvalue weighted by Crippen LogP contribution is -2.30. The zero-order valence-electron chi connectivity index (χ0n) is 13.9. The standard InChI is InChI=1S/C18H17F2NO3S/c1-10-16-13(11-4-6-12(19)7-5-11)9-18(2,3)24-15(16)8-14(17(10)20)21-25(22)23/h4-9,21H,1-3H3,(H,22,23)/p-1. The van der Waals surface area contributed by atoms with Crippen LogP contribution in [-0.4, -0.2) is 14.4 Å². The minimum atomic E-state index is -2.65. The van der Waals surface area contributed by atoms with Crippen molar-refractivity contribution < 1.29 is 22.3 Å². The van der Waals surface area contributed by atoms with Gasteiger partial charge in [-0.15, -0.1) is 0 Å². The molecule has 0 bridgehead atoms. The van der Waals surface area contributed by atoms with Gasteiger partial charge in [-0.3, -0.25) is 4.21 Å². The summed E-state index contributed by atoms with van der Waals surface area (Å²) in [6.45, 7) is 5.21. The molecule has 132 valence electrons. The summed E-state index contributed by atoms with van der Waals surface area (Å²) < 4.78 is 57.6. The molecular formula is C18H16F2NO3S-. The van der Waals surface area contributed by atoms with Crippen molar-refractivity contribution in [3.63, 3.8) is 0 Å². The number of hydrogen-bond acceptors (Lipinski definition) is 3. The first kappa shape index (κ1) is 17.6. The number of nitrogens with one attached hydrogen (secondary N) is 1. The molecule has 0 amide bonds. The molecule has 1 heterocycles. The van der Waals surface area contributed by atoms with Gasteiger partial charge in [0.1, 0.15) is 17.2 Å². The quantitative estimate of drug-likeness (QED) is 0.835. The average molecular weight is 364 g/mol. The van der Waals surface area contributed by atoms with Crippen molar-refractivity contribution in [1.29, 1.82) is 0 Å².